The van der Waals surface area contributed by atoms with Gasteiger partial charge in [-0.2, -0.15) is 13.2 Å². The zero-order chi connectivity index (χ0) is 28.1. The summed E-state index contributed by atoms with van der Waals surface area (Å²) in [6.45, 7) is 1.87. The first-order valence-electron chi connectivity index (χ1n) is 10.6. The Bertz CT molecular complexity index is 1530. The molecule has 0 aliphatic carbocycles. The number of hydrogen-bond donors (Lipinski definition) is 3. The second-order valence-corrected chi connectivity index (χ2v) is 11.1. The van der Waals surface area contributed by atoms with E-state index in [4.69, 9.17) is 0 Å². The lowest BCUT2D eigenvalue weighted by molar-refractivity contribution is -0.219. The Morgan fingerprint density at radius 2 is 1.45 bits per heavy atom. The van der Waals surface area contributed by atoms with Crippen LogP contribution in [-0.4, -0.2) is 57.0 Å². The van der Waals surface area contributed by atoms with Gasteiger partial charge in [0, 0.05) is 31.0 Å². The van der Waals surface area contributed by atoms with Crippen molar-refractivity contribution in [1.29, 1.82) is 0 Å². The first kappa shape index (κ1) is 28.8. The number of carbonyl (C=O) groups is 1. The monoisotopic (exact) mass is 574 g/mol. The Labute approximate surface area is 215 Å². The molecule has 0 aliphatic rings. The average molecular weight is 575 g/mol. The van der Waals surface area contributed by atoms with E-state index < -0.39 is 37.1 Å². The van der Waals surface area contributed by atoms with Crippen LogP contribution in [0, 0.1) is 0 Å². The maximum atomic E-state index is 12.6. The Hall–Kier alpha value is -3.80. The summed E-state index contributed by atoms with van der Waals surface area (Å²) in [6, 6.07) is 12.4. The standard InChI is InChI=1S/C21H21F3N6O6S2/c1-3-27-37(32,33)16-8-4-6-14(10-16)28-18-12-19(26-13-25-18)29-15-7-5-9-17(11-15)38(34,35)30(2)36-20(31)21(22,23)24/h4-13,27H,3H2,1-2H3,(H2,25,26,28,29). The van der Waals surface area contributed by atoms with Crippen molar-refractivity contribution < 1.29 is 39.6 Å². The fraction of sp³-hybridized carbons (Fsp3) is 0.190. The summed E-state index contributed by atoms with van der Waals surface area (Å²) in [6.07, 6.45) is -4.19. The number of benzene rings is 2. The number of nitrogens with zero attached hydrogens (tertiary/aromatic N) is 3. The van der Waals surface area contributed by atoms with Crippen LogP contribution in [0.2, 0.25) is 0 Å². The number of hydroxylamine groups is 1. The van der Waals surface area contributed by atoms with Crippen molar-refractivity contribution >= 4 is 49.0 Å². The van der Waals surface area contributed by atoms with Gasteiger partial charge in [-0.3, -0.25) is 0 Å². The summed E-state index contributed by atoms with van der Waals surface area (Å²) in [5, 5.41) is 5.77. The molecule has 0 amide bonds. The van der Waals surface area contributed by atoms with Gasteiger partial charge in [0.05, 0.1) is 9.79 Å². The van der Waals surface area contributed by atoms with Crippen molar-refractivity contribution in [2.24, 2.45) is 0 Å². The van der Waals surface area contributed by atoms with Gasteiger partial charge in [0.15, 0.2) is 0 Å². The van der Waals surface area contributed by atoms with Crippen LogP contribution in [0.25, 0.3) is 0 Å². The van der Waals surface area contributed by atoms with E-state index in [1.54, 1.807) is 19.1 Å². The van der Waals surface area contributed by atoms with E-state index in [1.165, 1.54) is 36.7 Å². The van der Waals surface area contributed by atoms with Crippen molar-refractivity contribution in [3.63, 3.8) is 0 Å². The number of anilines is 4. The van der Waals surface area contributed by atoms with Crippen LogP contribution >= 0.6 is 0 Å². The van der Waals surface area contributed by atoms with E-state index in [-0.39, 0.29) is 33.2 Å². The molecule has 3 rings (SSSR count). The molecule has 0 bridgehead atoms. The van der Waals surface area contributed by atoms with E-state index in [0.717, 1.165) is 12.1 Å². The van der Waals surface area contributed by atoms with Crippen molar-refractivity contribution in [1.82, 2.24) is 19.2 Å². The molecule has 0 atom stereocenters. The first-order valence-corrected chi connectivity index (χ1v) is 13.5. The number of sulfonamides is 2. The van der Waals surface area contributed by atoms with Gasteiger partial charge in [0.1, 0.15) is 18.0 Å². The molecule has 12 nitrogen and oxygen atoms in total. The number of nitrogens with one attached hydrogen (secondary N) is 3. The normalized spacial score (nSPS) is 12.3. The van der Waals surface area contributed by atoms with Crippen molar-refractivity contribution in [3.8, 4) is 0 Å². The third kappa shape index (κ3) is 7.15. The minimum atomic E-state index is -5.38. The molecule has 0 unspecified atom stereocenters. The summed E-state index contributed by atoms with van der Waals surface area (Å²) >= 11 is 0. The minimum absolute atomic E-state index is 0.0423. The highest BCUT2D eigenvalue weighted by molar-refractivity contribution is 7.89. The highest BCUT2D eigenvalue weighted by Crippen LogP contribution is 2.25. The molecule has 2 aromatic carbocycles. The fourth-order valence-electron chi connectivity index (χ4n) is 2.90. The molecule has 0 aliphatic heterocycles. The van der Waals surface area contributed by atoms with E-state index in [2.05, 4.69) is 30.2 Å². The van der Waals surface area contributed by atoms with Crippen molar-refractivity contribution in [2.45, 2.75) is 22.9 Å². The van der Waals surface area contributed by atoms with Crippen molar-refractivity contribution in [2.75, 3.05) is 24.2 Å². The fourth-order valence-corrected chi connectivity index (χ4v) is 4.98. The summed E-state index contributed by atoms with van der Waals surface area (Å²) in [7, 11) is -7.66. The Kier molecular flexibility index (Phi) is 8.55. The number of aromatic nitrogens is 2. The second-order valence-electron chi connectivity index (χ2n) is 7.39. The van der Waals surface area contributed by atoms with Crippen LogP contribution in [0.1, 0.15) is 6.92 Å². The molecule has 3 aromatic rings. The molecule has 0 radical (unpaired) electrons. The van der Waals surface area contributed by atoms with Crippen LogP contribution in [0.3, 0.4) is 0 Å². The molecule has 0 fully saturated rings. The number of carbonyl (C=O) groups excluding carboxylic acids is 1. The van der Waals surface area contributed by atoms with E-state index >= 15 is 0 Å². The van der Waals surface area contributed by atoms with E-state index in [1.807, 2.05) is 0 Å². The van der Waals surface area contributed by atoms with Crippen LogP contribution in [0.4, 0.5) is 36.2 Å². The summed E-state index contributed by atoms with van der Waals surface area (Å²) in [5.74, 6) is -2.22. The van der Waals surface area contributed by atoms with Gasteiger partial charge in [-0.05, 0) is 40.9 Å². The van der Waals surface area contributed by atoms with Gasteiger partial charge < -0.3 is 15.5 Å². The largest absolute Gasteiger partial charge is 0.492 e. The Morgan fingerprint density at radius 3 is 1.97 bits per heavy atom. The number of halogens is 3. The molecular formula is C21H21F3N6O6S2. The molecular weight excluding hydrogens is 553 g/mol. The van der Waals surface area contributed by atoms with Crippen LogP contribution in [0.15, 0.2) is 70.7 Å². The third-order valence-electron chi connectivity index (χ3n) is 4.60. The quantitative estimate of drug-likeness (QED) is 0.307. The van der Waals surface area contributed by atoms with Crippen LogP contribution in [-0.2, 0) is 29.7 Å². The molecule has 38 heavy (non-hydrogen) atoms. The predicted octanol–water partition coefficient (Wildman–Crippen LogP) is 2.90. The molecule has 0 spiro atoms. The predicted molar refractivity (Wildman–Crippen MR) is 129 cm³/mol. The molecule has 3 N–H and O–H groups in total. The van der Waals surface area contributed by atoms with Crippen molar-refractivity contribution in [3.05, 3.63) is 60.9 Å². The van der Waals surface area contributed by atoms with Gasteiger partial charge in [0.2, 0.25) is 10.0 Å². The average Bonchev–Trinajstić information content (AvgIpc) is 2.84. The maximum Gasteiger partial charge on any atom is 0.492 e. The van der Waals surface area contributed by atoms with Gasteiger partial charge in [0.25, 0.3) is 10.0 Å². The Morgan fingerprint density at radius 1 is 0.921 bits per heavy atom. The summed E-state index contributed by atoms with van der Waals surface area (Å²) in [4.78, 5) is 22.6. The summed E-state index contributed by atoms with van der Waals surface area (Å²) in [5.41, 5.74) is 0.600. The topological polar surface area (TPSA) is 160 Å². The van der Waals surface area contributed by atoms with Crippen LogP contribution in [0.5, 0.6) is 0 Å². The molecule has 0 saturated heterocycles. The zero-order valence-electron chi connectivity index (χ0n) is 19.7. The summed E-state index contributed by atoms with van der Waals surface area (Å²) < 4.78 is 89.1. The number of rotatable bonds is 10. The number of hydrogen-bond acceptors (Lipinski definition) is 10. The van der Waals surface area contributed by atoms with Gasteiger partial charge in [-0.1, -0.05) is 19.1 Å². The number of alkyl halides is 3. The third-order valence-corrected chi connectivity index (χ3v) is 7.75. The maximum absolute atomic E-state index is 12.6. The van der Waals surface area contributed by atoms with E-state index in [0.29, 0.717) is 12.7 Å². The zero-order valence-corrected chi connectivity index (χ0v) is 21.4. The molecule has 17 heteroatoms. The molecule has 204 valence electrons. The Balaban J connectivity index is 1.77. The van der Waals surface area contributed by atoms with Gasteiger partial charge in [-0.25, -0.2) is 36.3 Å². The highest BCUT2D eigenvalue weighted by Gasteiger charge is 2.43. The second kappa shape index (κ2) is 11.3. The lowest BCUT2D eigenvalue weighted by Crippen LogP contribution is -2.36. The lowest BCUT2D eigenvalue weighted by Gasteiger charge is -2.17. The smallest absolute Gasteiger partial charge is 0.345 e. The van der Waals surface area contributed by atoms with E-state index in [9.17, 15) is 34.8 Å². The lowest BCUT2D eigenvalue weighted by atomic mass is 10.3. The highest BCUT2D eigenvalue weighted by atomic mass is 32.2. The molecule has 1 heterocycles. The van der Waals surface area contributed by atoms with Gasteiger partial charge >= 0.3 is 12.1 Å². The van der Waals surface area contributed by atoms with Crippen LogP contribution < -0.4 is 15.4 Å². The minimum Gasteiger partial charge on any atom is -0.345 e. The molecule has 0 saturated carbocycles. The molecule has 1 aromatic heterocycles. The SMILES string of the molecule is CCNS(=O)(=O)c1cccc(Nc2cc(Nc3cccc(S(=O)(=O)N(C)OC(=O)C(F)(F)F)c3)ncn2)c1. The van der Waals surface area contributed by atoms with Gasteiger partial charge in [-0.15, -0.1) is 0 Å². The first-order chi connectivity index (χ1) is 17.7.